The minimum absolute atomic E-state index is 0. The van der Waals surface area contributed by atoms with Gasteiger partial charge in [0.1, 0.15) is 0 Å². The van der Waals surface area contributed by atoms with E-state index < -0.39 is 28.2 Å². The molecule has 0 aliphatic heterocycles. The number of aliphatic hydroxyl groups excluding tert-OH is 2. The van der Waals surface area contributed by atoms with E-state index in [1.165, 1.54) is 18.2 Å². The molecule has 32 heavy (non-hydrogen) atoms. The maximum Gasteiger partial charge on any atom is 0.307 e. The first kappa shape index (κ1) is 22.8. The van der Waals surface area contributed by atoms with Gasteiger partial charge in [0.25, 0.3) is 11.4 Å². The van der Waals surface area contributed by atoms with Crippen molar-refractivity contribution in [2.75, 3.05) is 13.2 Å². The van der Waals surface area contributed by atoms with Crippen LogP contribution in [-0.4, -0.2) is 55.4 Å². The highest BCUT2D eigenvalue weighted by molar-refractivity contribution is 5.74. The van der Waals surface area contributed by atoms with Crippen LogP contribution in [0, 0.1) is 20.2 Å². The summed E-state index contributed by atoms with van der Waals surface area (Å²) in [6.07, 6.45) is 0.0231. The van der Waals surface area contributed by atoms with Gasteiger partial charge in [-0.1, -0.05) is 12.1 Å². The summed E-state index contributed by atoms with van der Waals surface area (Å²) in [5.74, 6) is -2.29. The SMILES string of the molecule is O=C(O)Cc1ccc([N+](=O)[O-])cc1CC(=O)O.O=[N+]([O-])c1ccc(CCO)c(CCO)c1.[2HH].[2H][2H].[2H][2H]. The fraction of sp³-hybridized carbons (Fsp3) is 0.300. The molecule has 0 saturated carbocycles. The standard InChI is InChI=1S/C10H9NO6.C10H13NO4.3H2/c12-9(13)4-6-1-2-8(11(16)17)3-7(6)5-10(14)15;12-5-3-8-1-2-10(11(14)15)7-9(8)4-6-13;;;/h1-3H,4-5H2,(H,12,13)(H,14,15);1-2,7,12-13H,3-6H2;3*1H/i;;2*1+1D;1+1. The molecule has 0 aromatic heterocycles. The molecule has 12 heteroatoms. The maximum atomic E-state index is 10.6. The summed E-state index contributed by atoms with van der Waals surface area (Å²) in [6.45, 7) is -0.0597. The molecule has 2 aromatic rings. The predicted molar refractivity (Wildman–Crippen MR) is 117 cm³/mol. The molecule has 12 nitrogen and oxygen atoms in total. The van der Waals surface area contributed by atoms with E-state index in [9.17, 15) is 29.8 Å². The Morgan fingerprint density at radius 3 is 1.59 bits per heavy atom. The Labute approximate surface area is 189 Å². The molecule has 0 amide bonds. The van der Waals surface area contributed by atoms with Crippen molar-refractivity contribution < 1.29 is 47.2 Å². The first-order chi connectivity index (χ1) is 17.1. The lowest BCUT2D eigenvalue weighted by Crippen LogP contribution is -2.08. The van der Waals surface area contributed by atoms with Gasteiger partial charge in [0.15, 0.2) is 0 Å². The number of carboxylic acid groups (broad SMARTS) is 2. The minimum Gasteiger partial charge on any atom is -0.481 e. The number of hydrogen-bond donors (Lipinski definition) is 4. The van der Waals surface area contributed by atoms with Crippen LogP contribution in [0.25, 0.3) is 0 Å². The Kier molecular flexibility index (Phi) is 9.05. The van der Waals surface area contributed by atoms with Crippen molar-refractivity contribution in [2.24, 2.45) is 0 Å². The quantitative estimate of drug-likeness (QED) is 0.300. The van der Waals surface area contributed by atoms with Gasteiger partial charge >= 0.3 is 11.9 Å². The highest BCUT2D eigenvalue weighted by Gasteiger charge is 2.15. The summed E-state index contributed by atoms with van der Waals surface area (Å²) in [5.41, 5.74) is 1.74. The van der Waals surface area contributed by atoms with Gasteiger partial charge in [-0.05, 0) is 35.1 Å². The number of aliphatic hydroxyl groups is 2. The number of nitro groups is 2. The summed E-state index contributed by atoms with van der Waals surface area (Å²) < 4.78 is 20.0. The highest BCUT2D eigenvalue weighted by atomic mass is 16.6. The molecule has 0 spiro atoms. The molecule has 178 valence electrons. The van der Waals surface area contributed by atoms with Crippen molar-refractivity contribution in [1.29, 1.82) is 0 Å². The molecule has 0 heterocycles. The molecule has 0 bridgehead atoms. The summed E-state index contributed by atoms with van der Waals surface area (Å²) in [6, 6.07) is 7.99. The zero-order chi connectivity index (χ0) is 28.3. The second kappa shape index (κ2) is 12.7. The van der Waals surface area contributed by atoms with Crippen LogP contribution in [0.4, 0.5) is 11.4 Å². The Balaban J connectivity index is -0.000000540. The van der Waals surface area contributed by atoms with Crippen LogP contribution in [0.2, 0.25) is 0 Å². The van der Waals surface area contributed by atoms with Gasteiger partial charge in [0.2, 0.25) is 0 Å². The Morgan fingerprint density at radius 1 is 0.750 bits per heavy atom. The largest absolute Gasteiger partial charge is 0.481 e. The van der Waals surface area contributed by atoms with E-state index in [-0.39, 0.29) is 43.6 Å². The van der Waals surface area contributed by atoms with Crippen LogP contribution in [0.15, 0.2) is 36.4 Å². The monoisotopic (exact) mass is 461 g/mol. The number of nitrogens with zero attached hydrogens (tertiary/aromatic N) is 2. The van der Waals surface area contributed by atoms with E-state index in [2.05, 4.69) is 0 Å². The third-order valence-electron chi connectivity index (χ3n) is 4.25. The van der Waals surface area contributed by atoms with Crippen LogP contribution in [0.1, 0.15) is 29.6 Å². The molecular weight excluding hydrogens is 428 g/mol. The predicted octanol–water partition coefficient (Wildman–Crippen LogP) is 2.25. The van der Waals surface area contributed by atoms with Crippen LogP contribution in [-0.2, 0) is 35.3 Å². The van der Waals surface area contributed by atoms with Gasteiger partial charge in [0, 0.05) is 44.8 Å². The smallest absolute Gasteiger partial charge is 0.307 e. The summed E-state index contributed by atoms with van der Waals surface area (Å²) in [4.78, 5) is 41.0. The zero-order valence-electron chi connectivity index (χ0n) is 20.8. The molecule has 0 radical (unpaired) electrons. The number of carboxylic acids is 2. The number of hydrogen-bond acceptors (Lipinski definition) is 8. The maximum absolute atomic E-state index is 10.6. The highest BCUT2D eigenvalue weighted by Crippen LogP contribution is 2.20. The van der Waals surface area contributed by atoms with Gasteiger partial charge in [-0.15, -0.1) is 0 Å². The molecule has 4 N–H and O–H groups in total. The van der Waals surface area contributed by atoms with Crippen LogP contribution in [0.3, 0.4) is 0 Å². The Bertz CT molecular complexity index is 1010. The summed E-state index contributed by atoms with van der Waals surface area (Å²) >= 11 is 0. The first-order valence-electron chi connectivity index (χ1n) is 11.3. The van der Waals surface area contributed by atoms with E-state index in [0.717, 1.165) is 23.3 Å². The van der Waals surface area contributed by atoms with Gasteiger partial charge in [-0.3, -0.25) is 29.8 Å². The second-order valence-corrected chi connectivity index (χ2v) is 6.51. The number of non-ortho nitro benzene ring substituents is 2. The van der Waals surface area contributed by atoms with Crippen molar-refractivity contribution in [1.82, 2.24) is 0 Å². The van der Waals surface area contributed by atoms with Crippen LogP contribution >= 0.6 is 0 Å². The van der Waals surface area contributed by atoms with Crippen molar-refractivity contribution in [2.45, 2.75) is 25.7 Å². The molecule has 2 rings (SSSR count). The fourth-order valence-corrected chi connectivity index (χ4v) is 2.83. The van der Waals surface area contributed by atoms with Gasteiger partial charge in [0.05, 0.1) is 22.7 Å². The van der Waals surface area contributed by atoms with E-state index in [1.54, 1.807) is 6.07 Å². The van der Waals surface area contributed by atoms with E-state index in [4.69, 9.17) is 26.4 Å². The van der Waals surface area contributed by atoms with Crippen LogP contribution < -0.4 is 0 Å². The minimum atomic E-state index is -1.17. The molecular formula is C20H28N2O10. The number of nitro benzene ring substituents is 2. The molecule has 0 unspecified atom stereocenters. The zero-order valence-corrected chi connectivity index (χ0v) is 16.8. The van der Waals surface area contributed by atoms with Crippen molar-refractivity contribution in [3.63, 3.8) is 0 Å². The molecule has 0 saturated heterocycles. The third kappa shape index (κ3) is 8.45. The number of benzene rings is 2. The lowest BCUT2D eigenvalue weighted by molar-refractivity contribution is -0.385. The molecule has 2 aromatic carbocycles. The topological polar surface area (TPSA) is 201 Å². The number of rotatable bonds is 10. The lowest BCUT2D eigenvalue weighted by atomic mass is 10.0. The number of aliphatic carboxylic acids is 2. The molecule has 0 aliphatic rings. The van der Waals surface area contributed by atoms with E-state index >= 15 is 0 Å². The molecule has 0 atom stereocenters. The van der Waals surface area contributed by atoms with Gasteiger partial charge in [-0.2, -0.15) is 0 Å². The number of carbonyl (C=O) groups is 2. The van der Waals surface area contributed by atoms with Gasteiger partial charge < -0.3 is 20.4 Å². The molecule has 0 aliphatic carbocycles. The summed E-state index contributed by atoms with van der Waals surface area (Å²) in [7, 11) is 0. The second-order valence-electron chi connectivity index (χ2n) is 6.51. The van der Waals surface area contributed by atoms with Crippen LogP contribution in [0.5, 0.6) is 0 Å². The van der Waals surface area contributed by atoms with Gasteiger partial charge in [-0.25, -0.2) is 0 Å². The molecule has 0 fully saturated rings. The average Bonchev–Trinajstić information content (AvgIpc) is 2.83. The van der Waals surface area contributed by atoms with Crippen molar-refractivity contribution >= 4 is 23.3 Å². The average molecular weight is 461 g/mol. The van der Waals surface area contributed by atoms with Crippen molar-refractivity contribution in [3.05, 3.63) is 78.9 Å². The fourth-order valence-electron chi connectivity index (χ4n) is 2.83. The Hall–Kier alpha value is -3.90. The van der Waals surface area contributed by atoms with Crippen molar-refractivity contribution in [3.8, 4) is 0 Å². The Morgan fingerprint density at radius 2 is 1.16 bits per heavy atom. The normalized spacial score (nSPS) is 10.6. The van der Waals surface area contributed by atoms with E-state index in [1.807, 2.05) is 0 Å². The third-order valence-corrected chi connectivity index (χ3v) is 4.25. The summed E-state index contributed by atoms with van der Waals surface area (Å²) in [5, 5.41) is 55.9. The lowest BCUT2D eigenvalue weighted by Gasteiger charge is -2.06. The van der Waals surface area contributed by atoms with E-state index in [0.29, 0.717) is 12.8 Å². The first-order valence-corrected chi connectivity index (χ1v) is 9.26.